The zero-order valence-electron chi connectivity index (χ0n) is 10.1. The van der Waals surface area contributed by atoms with Gasteiger partial charge in [0.25, 0.3) is 0 Å². The Hall–Kier alpha value is -1.30. The van der Waals surface area contributed by atoms with E-state index in [1.807, 2.05) is 0 Å². The maximum absolute atomic E-state index is 11.3. The number of aliphatic hydroxyl groups excluding tert-OH is 2. The van der Waals surface area contributed by atoms with Gasteiger partial charge in [0, 0.05) is 10.6 Å². The first-order valence-electron chi connectivity index (χ1n) is 5.37. The Morgan fingerprint density at radius 3 is 2.67 bits per heavy atom. The molecule has 100 valence electrons. The molecule has 0 aliphatic rings. The van der Waals surface area contributed by atoms with Crippen LogP contribution >= 0.6 is 11.6 Å². The smallest absolute Gasteiger partial charge is 0.338 e. The van der Waals surface area contributed by atoms with Crippen molar-refractivity contribution in [1.29, 1.82) is 0 Å². The van der Waals surface area contributed by atoms with Crippen LogP contribution in [0.3, 0.4) is 0 Å². The molecule has 0 fully saturated rings. The number of esters is 1. The van der Waals surface area contributed by atoms with Crippen LogP contribution in [0.2, 0.25) is 5.02 Å². The second-order valence-corrected chi connectivity index (χ2v) is 3.96. The Bertz CT molecular complexity index is 421. The Morgan fingerprint density at radius 1 is 1.44 bits per heavy atom. The molecule has 1 aromatic carbocycles. The third kappa shape index (κ3) is 3.35. The van der Waals surface area contributed by atoms with Crippen LogP contribution in [0.15, 0.2) is 18.2 Å². The van der Waals surface area contributed by atoms with Crippen molar-refractivity contribution >= 4 is 17.6 Å². The number of methoxy groups -OCH3 is 1. The van der Waals surface area contributed by atoms with E-state index in [-0.39, 0.29) is 12.2 Å². The minimum atomic E-state index is -1.67. The first kappa shape index (κ1) is 14.8. The molecule has 1 rings (SSSR count). The lowest BCUT2D eigenvalue weighted by Crippen LogP contribution is -2.30. The van der Waals surface area contributed by atoms with Gasteiger partial charge in [0.1, 0.15) is 11.9 Å². The largest absolute Gasteiger partial charge is 0.496 e. The Kier molecular flexibility index (Phi) is 5.40. The molecule has 1 aromatic rings. The van der Waals surface area contributed by atoms with E-state index in [0.717, 1.165) is 0 Å². The Balaban J connectivity index is 2.95. The summed E-state index contributed by atoms with van der Waals surface area (Å²) >= 11 is 5.78. The van der Waals surface area contributed by atoms with Crippen LogP contribution in [0.25, 0.3) is 0 Å². The van der Waals surface area contributed by atoms with Crippen LogP contribution in [0.4, 0.5) is 0 Å². The fraction of sp³-hybridized carbons (Fsp3) is 0.417. The predicted molar refractivity (Wildman–Crippen MR) is 65.6 cm³/mol. The topological polar surface area (TPSA) is 76.0 Å². The molecule has 0 heterocycles. The average Bonchev–Trinajstić information content (AvgIpc) is 2.37. The van der Waals surface area contributed by atoms with Gasteiger partial charge < -0.3 is 19.7 Å². The molecule has 0 saturated carbocycles. The summed E-state index contributed by atoms with van der Waals surface area (Å²) in [5.74, 6) is -0.597. The van der Waals surface area contributed by atoms with Gasteiger partial charge in [-0.2, -0.15) is 0 Å². The van der Waals surface area contributed by atoms with Crippen molar-refractivity contribution in [3.8, 4) is 5.75 Å². The number of halogens is 1. The molecule has 0 amide bonds. The fourth-order valence-electron chi connectivity index (χ4n) is 1.46. The highest BCUT2D eigenvalue weighted by atomic mass is 35.5. The molecule has 0 aliphatic heterocycles. The summed E-state index contributed by atoms with van der Waals surface area (Å²) in [5.41, 5.74) is 0.266. The minimum absolute atomic E-state index is 0.125. The number of ether oxygens (including phenoxy) is 2. The van der Waals surface area contributed by atoms with E-state index in [9.17, 15) is 15.0 Å². The molecule has 0 aromatic heterocycles. The third-order valence-corrected chi connectivity index (χ3v) is 2.58. The number of carbonyl (C=O) groups excluding carboxylic acids is 1. The summed E-state index contributed by atoms with van der Waals surface area (Å²) in [6.07, 6.45) is -3.10. The molecule has 0 radical (unpaired) electrons. The predicted octanol–water partition coefficient (Wildman–Crippen LogP) is 1.31. The van der Waals surface area contributed by atoms with Gasteiger partial charge in [-0.25, -0.2) is 4.79 Å². The number of benzene rings is 1. The van der Waals surface area contributed by atoms with Gasteiger partial charge in [0.15, 0.2) is 6.10 Å². The lowest BCUT2D eigenvalue weighted by atomic mass is 10.0. The Labute approximate surface area is 110 Å². The number of rotatable bonds is 5. The number of hydrogen-bond donors (Lipinski definition) is 2. The second kappa shape index (κ2) is 6.58. The van der Waals surface area contributed by atoms with Gasteiger partial charge in [-0.05, 0) is 19.1 Å². The van der Waals surface area contributed by atoms with Crippen LogP contribution in [0.5, 0.6) is 5.75 Å². The first-order valence-corrected chi connectivity index (χ1v) is 5.75. The molecule has 5 nitrogen and oxygen atoms in total. The van der Waals surface area contributed by atoms with Gasteiger partial charge in [-0.3, -0.25) is 0 Å². The van der Waals surface area contributed by atoms with Crippen molar-refractivity contribution in [2.75, 3.05) is 13.7 Å². The van der Waals surface area contributed by atoms with E-state index >= 15 is 0 Å². The molecular formula is C12H15ClO5. The highest BCUT2D eigenvalue weighted by Crippen LogP contribution is 2.30. The lowest BCUT2D eigenvalue weighted by Gasteiger charge is -2.19. The normalized spacial score (nSPS) is 13.8. The molecule has 0 bridgehead atoms. The van der Waals surface area contributed by atoms with E-state index in [0.29, 0.717) is 10.8 Å². The molecular weight excluding hydrogens is 260 g/mol. The molecule has 0 aliphatic carbocycles. The molecule has 2 N–H and O–H groups in total. The molecule has 18 heavy (non-hydrogen) atoms. The molecule has 0 saturated heterocycles. The van der Waals surface area contributed by atoms with Crippen molar-refractivity contribution in [1.82, 2.24) is 0 Å². The summed E-state index contributed by atoms with van der Waals surface area (Å²) in [4.78, 5) is 11.3. The Morgan fingerprint density at radius 2 is 2.11 bits per heavy atom. The quantitative estimate of drug-likeness (QED) is 0.792. The van der Waals surface area contributed by atoms with Crippen LogP contribution in [-0.4, -0.2) is 36.0 Å². The lowest BCUT2D eigenvalue weighted by molar-refractivity contribution is -0.159. The van der Waals surface area contributed by atoms with E-state index in [4.69, 9.17) is 16.3 Å². The van der Waals surface area contributed by atoms with Gasteiger partial charge in [-0.1, -0.05) is 17.7 Å². The van der Waals surface area contributed by atoms with Crippen LogP contribution in [0, 0.1) is 0 Å². The van der Waals surface area contributed by atoms with Crippen LogP contribution < -0.4 is 4.74 Å². The monoisotopic (exact) mass is 274 g/mol. The maximum Gasteiger partial charge on any atom is 0.338 e. The minimum Gasteiger partial charge on any atom is -0.496 e. The first-order chi connectivity index (χ1) is 8.51. The summed E-state index contributed by atoms with van der Waals surface area (Å²) in [6, 6.07) is 4.49. The molecule has 2 unspecified atom stereocenters. The van der Waals surface area contributed by atoms with Crippen molar-refractivity contribution in [2.24, 2.45) is 0 Å². The highest BCUT2D eigenvalue weighted by Gasteiger charge is 2.29. The van der Waals surface area contributed by atoms with Gasteiger partial charge >= 0.3 is 5.97 Å². The number of aliphatic hydroxyl groups is 2. The van der Waals surface area contributed by atoms with E-state index in [2.05, 4.69) is 4.74 Å². The van der Waals surface area contributed by atoms with Crippen molar-refractivity contribution < 1.29 is 24.5 Å². The van der Waals surface area contributed by atoms with Crippen molar-refractivity contribution in [3.63, 3.8) is 0 Å². The highest BCUT2D eigenvalue weighted by molar-refractivity contribution is 6.30. The second-order valence-electron chi connectivity index (χ2n) is 3.53. The average molecular weight is 275 g/mol. The van der Waals surface area contributed by atoms with Crippen molar-refractivity contribution in [2.45, 2.75) is 19.1 Å². The number of hydrogen-bond acceptors (Lipinski definition) is 5. The third-order valence-electron chi connectivity index (χ3n) is 2.34. The van der Waals surface area contributed by atoms with Crippen LogP contribution in [-0.2, 0) is 9.53 Å². The number of carbonyl (C=O) groups is 1. The molecule has 2 atom stereocenters. The summed E-state index contributed by atoms with van der Waals surface area (Å²) < 4.78 is 9.66. The zero-order chi connectivity index (χ0) is 13.7. The standard InChI is InChI=1S/C12H15ClO5/c1-3-18-12(16)11(15)10(14)8-5-4-7(13)6-9(8)17-2/h4-6,10-11,14-15H,3H2,1-2H3. The van der Waals surface area contributed by atoms with Crippen LogP contribution in [0.1, 0.15) is 18.6 Å². The van der Waals surface area contributed by atoms with Gasteiger partial charge in [0.05, 0.1) is 13.7 Å². The van der Waals surface area contributed by atoms with Crippen molar-refractivity contribution in [3.05, 3.63) is 28.8 Å². The van der Waals surface area contributed by atoms with E-state index in [1.54, 1.807) is 6.92 Å². The summed E-state index contributed by atoms with van der Waals surface area (Å²) in [6.45, 7) is 1.74. The summed E-state index contributed by atoms with van der Waals surface area (Å²) in [5, 5.41) is 20.0. The van der Waals surface area contributed by atoms with E-state index in [1.165, 1.54) is 25.3 Å². The van der Waals surface area contributed by atoms with E-state index < -0.39 is 18.2 Å². The van der Waals surface area contributed by atoms with Gasteiger partial charge in [0.2, 0.25) is 0 Å². The fourth-order valence-corrected chi connectivity index (χ4v) is 1.62. The SMILES string of the molecule is CCOC(=O)C(O)C(O)c1ccc(Cl)cc1OC. The molecule has 6 heteroatoms. The zero-order valence-corrected chi connectivity index (χ0v) is 10.8. The molecule has 0 spiro atoms. The maximum atomic E-state index is 11.3. The summed E-state index contributed by atoms with van der Waals surface area (Å²) in [7, 11) is 1.40. The van der Waals surface area contributed by atoms with Gasteiger partial charge in [-0.15, -0.1) is 0 Å².